The highest BCUT2D eigenvalue weighted by Gasteiger charge is 2.15. The fraction of sp³-hybridized carbons (Fsp3) is 0.471. The van der Waals surface area contributed by atoms with Crippen molar-refractivity contribution in [2.45, 2.75) is 19.3 Å². The van der Waals surface area contributed by atoms with Crippen molar-refractivity contribution < 1.29 is 19.1 Å². The lowest BCUT2D eigenvalue weighted by molar-refractivity contribution is -0.139. The average Bonchev–Trinajstić information content (AvgIpc) is 3.11. The van der Waals surface area contributed by atoms with Crippen LogP contribution in [0.25, 0.3) is 0 Å². The smallest absolute Gasteiger partial charge is 0.325 e. The number of anilines is 1. The van der Waals surface area contributed by atoms with E-state index in [1.165, 1.54) is 7.11 Å². The van der Waals surface area contributed by atoms with E-state index in [0.717, 1.165) is 25.9 Å². The van der Waals surface area contributed by atoms with Crippen LogP contribution in [0, 0.1) is 5.92 Å². The van der Waals surface area contributed by atoms with Gasteiger partial charge in [-0.15, -0.1) is 0 Å². The largest absolute Gasteiger partial charge is 0.468 e. The quantitative estimate of drug-likeness (QED) is 0.645. The van der Waals surface area contributed by atoms with Gasteiger partial charge in [0.05, 0.1) is 7.11 Å². The molecule has 7 nitrogen and oxygen atoms in total. The maximum atomic E-state index is 11.9. The molecule has 0 radical (unpaired) electrons. The van der Waals surface area contributed by atoms with Gasteiger partial charge in [-0.05, 0) is 56.1 Å². The van der Waals surface area contributed by atoms with Crippen LogP contribution in [0.1, 0.15) is 29.6 Å². The fourth-order valence-electron chi connectivity index (χ4n) is 2.55. The molecule has 2 rings (SSSR count). The summed E-state index contributed by atoms with van der Waals surface area (Å²) in [5.41, 5.74) is 1.06. The molecule has 1 aliphatic rings. The zero-order chi connectivity index (χ0) is 17.4. The van der Waals surface area contributed by atoms with E-state index >= 15 is 0 Å². The molecule has 24 heavy (non-hydrogen) atoms. The number of rotatable bonds is 7. The molecule has 7 heteroatoms. The van der Waals surface area contributed by atoms with E-state index in [0.29, 0.717) is 23.6 Å². The Kier molecular flexibility index (Phi) is 6.74. The molecule has 0 spiro atoms. The maximum absolute atomic E-state index is 11.9. The molecule has 0 saturated carbocycles. The second-order valence-electron chi connectivity index (χ2n) is 5.78. The van der Waals surface area contributed by atoms with E-state index < -0.39 is 5.97 Å². The first-order valence-corrected chi connectivity index (χ1v) is 8.04. The highest BCUT2D eigenvalue weighted by molar-refractivity contribution is 5.97. The Morgan fingerprint density at radius 2 is 2.00 bits per heavy atom. The zero-order valence-corrected chi connectivity index (χ0v) is 13.8. The van der Waals surface area contributed by atoms with Gasteiger partial charge in [0.15, 0.2) is 0 Å². The molecule has 0 aromatic heterocycles. The summed E-state index contributed by atoms with van der Waals surface area (Å²) in [5.74, 6) is -0.321. The van der Waals surface area contributed by atoms with Crippen molar-refractivity contribution in [2.75, 3.05) is 32.1 Å². The Morgan fingerprint density at radius 3 is 2.62 bits per heavy atom. The lowest BCUT2D eigenvalue weighted by Crippen LogP contribution is -2.30. The van der Waals surface area contributed by atoms with Crippen LogP contribution in [0.15, 0.2) is 24.3 Å². The summed E-state index contributed by atoms with van der Waals surface area (Å²) in [5, 5.41) is 8.57. The number of benzene rings is 1. The van der Waals surface area contributed by atoms with Crippen molar-refractivity contribution in [3.63, 3.8) is 0 Å². The molecule has 1 unspecified atom stereocenters. The monoisotopic (exact) mass is 333 g/mol. The van der Waals surface area contributed by atoms with Crippen molar-refractivity contribution in [2.24, 2.45) is 5.92 Å². The van der Waals surface area contributed by atoms with Gasteiger partial charge < -0.3 is 20.7 Å². The molecule has 1 aromatic rings. The van der Waals surface area contributed by atoms with Gasteiger partial charge in [0.2, 0.25) is 5.91 Å². The van der Waals surface area contributed by atoms with Crippen LogP contribution in [0.4, 0.5) is 5.69 Å². The van der Waals surface area contributed by atoms with Crippen LogP contribution in [0.2, 0.25) is 0 Å². The van der Waals surface area contributed by atoms with Crippen molar-refractivity contribution in [3.8, 4) is 0 Å². The Hall–Kier alpha value is -2.41. The van der Waals surface area contributed by atoms with Gasteiger partial charge in [-0.3, -0.25) is 14.4 Å². The molecule has 1 heterocycles. The minimum absolute atomic E-state index is 0.0233. The van der Waals surface area contributed by atoms with Crippen LogP contribution in [-0.4, -0.2) is 44.5 Å². The number of nitrogens with one attached hydrogen (secondary N) is 3. The van der Waals surface area contributed by atoms with Gasteiger partial charge in [0.1, 0.15) is 6.54 Å². The summed E-state index contributed by atoms with van der Waals surface area (Å²) >= 11 is 0. The van der Waals surface area contributed by atoms with Gasteiger partial charge in [-0.1, -0.05) is 0 Å². The van der Waals surface area contributed by atoms with Crippen LogP contribution in [0.5, 0.6) is 0 Å². The molecular formula is C17H23N3O4. The summed E-state index contributed by atoms with van der Waals surface area (Å²) in [6, 6.07) is 6.54. The molecule has 1 fully saturated rings. The van der Waals surface area contributed by atoms with Crippen LogP contribution >= 0.6 is 0 Å². The topological polar surface area (TPSA) is 96.5 Å². The number of ether oxygens (including phenoxy) is 1. The number of hydrogen-bond acceptors (Lipinski definition) is 5. The van der Waals surface area contributed by atoms with Gasteiger partial charge >= 0.3 is 5.97 Å². The predicted molar refractivity (Wildman–Crippen MR) is 89.6 cm³/mol. The van der Waals surface area contributed by atoms with Crippen molar-refractivity contribution in [1.82, 2.24) is 10.6 Å². The van der Waals surface area contributed by atoms with E-state index in [4.69, 9.17) is 0 Å². The highest BCUT2D eigenvalue weighted by Crippen LogP contribution is 2.15. The Labute approximate surface area is 141 Å². The fourth-order valence-corrected chi connectivity index (χ4v) is 2.55. The molecular weight excluding hydrogens is 310 g/mol. The predicted octanol–water partition coefficient (Wildman–Crippen LogP) is 0.918. The first-order chi connectivity index (χ1) is 11.6. The lowest BCUT2D eigenvalue weighted by Gasteiger charge is -2.09. The molecule has 1 atom stereocenters. The van der Waals surface area contributed by atoms with Crippen LogP contribution in [0.3, 0.4) is 0 Å². The number of hydrogen-bond donors (Lipinski definition) is 3. The molecule has 2 amide bonds. The number of esters is 1. The third-order valence-corrected chi connectivity index (χ3v) is 3.99. The van der Waals surface area contributed by atoms with Crippen molar-refractivity contribution >= 4 is 23.5 Å². The minimum atomic E-state index is -0.510. The first kappa shape index (κ1) is 17.9. The highest BCUT2D eigenvalue weighted by atomic mass is 16.5. The van der Waals surface area contributed by atoms with E-state index in [-0.39, 0.29) is 18.4 Å². The van der Waals surface area contributed by atoms with E-state index in [9.17, 15) is 14.4 Å². The SMILES string of the molecule is COC(=O)CNC(=O)c1ccc(NC(=O)CCC2CCNC2)cc1. The molecule has 1 aliphatic heterocycles. The lowest BCUT2D eigenvalue weighted by atomic mass is 10.0. The Balaban J connectivity index is 1.77. The van der Waals surface area contributed by atoms with Gasteiger partial charge in [0.25, 0.3) is 5.91 Å². The summed E-state index contributed by atoms with van der Waals surface area (Å²) in [7, 11) is 1.26. The average molecular weight is 333 g/mol. The number of methoxy groups -OCH3 is 1. The maximum Gasteiger partial charge on any atom is 0.325 e. The summed E-state index contributed by atoms with van der Waals surface area (Å²) in [4.78, 5) is 34.8. The molecule has 130 valence electrons. The van der Waals surface area contributed by atoms with Gasteiger partial charge in [0, 0.05) is 17.7 Å². The summed E-state index contributed by atoms with van der Waals surface area (Å²) in [6.07, 6.45) is 2.50. The second-order valence-corrected chi connectivity index (χ2v) is 5.78. The molecule has 3 N–H and O–H groups in total. The van der Waals surface area contributed by atoms with Crippen molar-refractivity contribution in [3.05, 3.63) is 29.8 Å². The van der Waals surface area contributed by atoms with Crippen molar-refractivity contribution in [1.29, 1.82) is 0 Å². The minimum Gasteiger partial charge on any atom is -0.468 e. The summed E-state index contributed by atoms with van der Waals surface area (Å²) < 4.78 is 4.45. The van der Waals surface area contributed by atoms with E-state index in [1.54, 1.807) is 24.3 Å². The number of amides is 2. The second kappa shape index (κ2) is 9.02. The van der Waals surface area contributed by atoms with E-state index in [1.807, 2.05) is 0 Å². The molecule has 1 saturated heterocycles. The number of carbonyl (C=O) groups is 3. The molecule has 1 aromatic carbocycles. The summed E-state index contributed by atoms with van der Waals surface area (Å²) in [6.45, 7) is 1.85. The third-order valence-electron chi connectivity index (χ3n) is 3.99. The van der Waals surface area contributed by atoms with Crippen LogP contribution in [-0.2, 0) is 14.3 Å². The first-order valence-electron chi connectivity index (χ1n) is 8.04. The third kappa shape index (κ3) is 5.66. The van der Waals surface area contributed by atoms with Gasteiger partial charge in [-0.25, -0.2) is 0 Å². The van der Waals surface area contributed by atoms with Gasteiger partial charge in [-0.2, -0.15) is 0 Å². The van der Waals surface area contributed by atoms with Crippen LogP contribution < -0.4 is 16.0 Å². The molecule has 0 bridgehead atoms. The Bertz CT molecular complexity index is 580. The normalized spacial score (nSPS) is 16.5. The van der Waals surface area contributed by atoms with E-state index in [2.05, 4.69) is 20.7 Å². The number of carbonyl (C=O) groups excluding carboxylic acids is 3. The standard InChI is InChI=1S/C17H23N3O4/c1-24-16(22)11-19-17(23)13-3-5-14(6-4-13)20-15(21)7-2-12-8-9-18-10-12/h3-6,12,18H,2,7-11H2,1H3,(H,19,23)(H,20,21). The molecule has 0 aliphatic carbocycles. The zero-order valence-electron chi connectivity index (χ0n) is 13.8. The Morgan fingerprint density at radius 1 is 1.25 bits per heavy atom.